The van der Waals surface area contributed by atoms with E-state index in [0.717, 1.165) is 25.0 Å². The average Bonchev–Trinajstić information content (AvgIpc) is 2.63. The number of hydrogen-bond donors (Lipinski definition) is 2. The second kappa shape index (κ2) is 10.4. The van der Waals surface area contributed by atoms with Gasteiger partial charge in [0.1, 0.15) is 5.75 Å². The Labute approximate surface area is 151 Å². The minimum absolute atomic E-state index is 0.312. The van der Waals surface area contributed by atoms with Crippen LogP contribution in [0.5, 0.6) is 5.75 Å². The molecule has 2 fully saturated rings. The summed E-state index contributed by atoms with van der Waals surface area (Å²) in [6.45, 7) is 0. The number of rotatable bonds is 4. The molecule has 0 spiro atoms. The van der Waals surface area contributed by atoms with Crippen molar-refractivity contribution in [2.45, 2.75) is 76.2 Å². The molecule has 140 valence electrons. The Morgan fingerprint density at radius 2 is 1.76 bits per heavy atom. The van der Waals surface area contributed by atoms with Crippen LogP contribution in [0.1, 0.15) is 75.7 Å². The zero-order valence-corrected chi connectivity index (χ0v) is 15.5. The molecule has 1 aromatic rings. The molecular formula is C21H33NO3. The van der Waals surface area contributed by atoms with Gasteiger partial charge in [0.2, 0.25) is 0 Å². The van der Waals surface area contributed by atoms with E-state index >= 15 is 0 Å². The second-order valence-corrected chi connectivity index (χ2v) is 7.50. The molecule has 4 heteroatoms. The number of nitrogens with two attached hydrogens (primary N) is 1. The molecule has 1 aromatic carbocycles. The van der Waals surface area contributed by atoms with Crippen molar-refractivity contribution in [3.05, 3.63) is 29.8 Å². The molecule has 0 aromatic heterocycles. The van der Waals surface area contributed by atoms with Crippen LogP contribution in [-0.2, 0) is 4.79 Å². The van der Waals surface area contributed by atoms with E-state index in [1.54, 1.807) is 7.11 Å². The lowest BCUT2D eigenvalue weighted by Crippen LogP contribution is -2.22. The third-order valence-electron chi connectivity index (χ3n) is 5.48. The van der Waals surface area contributed by atoms with Crippen LogP contribution in [-0.4, -0.2) is 24.2 Å². The highest BCUT2D eigenvalue weighted by atomic mass is 16.5. The maximum absolute atomic E-state index is 10.8. The van der Waals surface area contributed by atoms with Crippen molar-refractivity contribution < 1.29 is 14.6 Å². The van der Waals surface area contributed by atoms with Gasteiger partial charge in [-0.05, 0) is 61.6 Å². The Hall–Kier alpha value is -1.55. The number of methoxy groups -OCH3 is 1. The molecular weight excluding hydrogens is 314 g/mol. The summed E-state index contributed by atoms with van der Waals surface area (Å²) in [7, 11) is 1.67. The Morgan fingerprint density at radius 3 is 2.28 bits per heavy atom. The first-order valence-electron chi connectivity index (χ1n) is 9.69. The third-order valence-corrected chi connectivity index (χ3v) is 5.48. The van der Waals surface area contributed by atoms with Crippen molar-refractivity contribution in [3.63, 3.8) is 0 Å². The van der Waals surface area contributed by atoms with Crippen molar-refractivity contribution >= 4 is 5.97 Å². The first-order chi connectivity index (χ1) is 12.1. The number of benzene rings is 1. The normalized spacial score (nSPS) is 24.1. The molecule has 2 saturated carbocycles. The first-order valence-corrected chi connectivity index (χ1v) is 9.69. The van der Waals surface area contributed by atoms with E-state index in [1.165, 1.54) is 44.1 Å². The van der Waals surface area contributed by atoms with Crippen molar-refractivity contribution in [2.24, 2.45) is 11.7 Å². The van der Waals surface area contributed by atoms with Crippen molar-refractivity contribution in [3.8, 4) is 5.75 Å². The molecule has 2 aliphatic carbocycles. The predicted octanol–water partition coefficient (Wildman–Crippen LogP) is 4.72. The fraction of sp³-hybridized carbons (Fsp3) is 0.667. The summed E-state index contributed by atoms with van der Waals surface area (Å²) >= 11 is 0. The van der Waals surface area contributed by atoms with Crippen LogP contribution in [0.2, 0.25) is 0 Å². The molecule has 2 atom stereocenters. The fourth-order valence-corrected chi connectivity index (χ4v) is 4.04. The summed E-state index contributed by atoms with van der Waals surface area (Å²) in [6.07, 6.45) is 11.3. The van der Waals surface area contributed by atoms with Gasteiger partial charge in [-0.2, -0.15) is 0 Å². The molecule has 3 N–H and O–H groups in total. The Morgan fingerprint density at radius 1 is 1.08 bits per heavy atom. The van der Waals surface area contributed by atoms with Crippen LogP contribution in [0.15, 0.2) is 24.3 Å². The fourth-order valence-electron chi connectivity index (χ4n) is 4.04. The highest BCUT2D eigenvalue weighted by Crippen LogP contribution is 2.37. The van der Waals surface area contributed by atoms with Gasteiger partial charge in [0.15, 0.2) is 0 Å². The summed E-state index contributed by atoms with van der Waals surface area (Å²) in [6, 6.07) is 8.71. The summed E-state index contributed by atoms with van der Waals surface area (Å²) in [5.74, 6) is 1.05. The van der Waals surface area contributed by atoms with Gasteiger partial charge in [0.05, 0.1) is 7.11 Å². The Kier molecular flexibility index (Phi) is 8.26. The molecule has 0 heterocycles. The molecule has 0 bridgehead atoms. The topological polar surface area (TPSA) is 72.5 Å². The van der Waals surface area contributed by atoms with Crippen molar-refractivity contribution in [1.29, 1.82) is 0 Å². The molecule has 2 aliphatic rings. The van der Waals surface area contributed by atoms with Gasteiger partial charge >= 0.3 is 5.97 Å². The first kappa shape index (κ1) is 19.8. The van der Waals surface area contributed by atoms with E-state index in [1.807, 2.05) is 12.1 Å². The molecule has 3 rings (SSSR count). The van der Waals surface area contributed by atoms with Gasteiger partial charge in [-0.3, -0.25) is 4.79 Å². The number of hydrogen-bond acceptors (Lipinski definition) is 3. The lowest BCUT2D eigenvalue weighted by Gasteiger charge is -2.28. The van der Waals surface area contributed by atoms with Crippen LogP contribution >= 0.6 is 0 Å². The average molecular weight is 347 g/mol. The van der Waals surface area contributed by atoms with E-state index in [0.29, 0.717) is 24.3 Å². The summed E-state index contributed by atoms with van der Waals surface area (Å²) < 4.78 is 5.15. The van der Waals surface area contributed by atoms with Gasteiger partial charge in [-0.1, -0.05) is 37.8 Å². The quantitative estimate of drug-likeness (QED) is 0.826. The number of carboxylic acid groups (broad SMARTS) is 1. The van der Waals surface area contributed by atoms with Gasteiger partial charge < -0.3 is 15.6 Å². The molecule has 4 nitrogen and oxygen atoms in total. The second-order valence-electron chi connectivity index (χ2n) is 7.50. The predicted molar refractivity (Wildman–Crippen MR) is 101 cm³/mol. The lowest BCUT2D eigenvalue weighted by molar-refractivity contribution is -0.138. The van der Waals surface area contributed by atoms with E-state index in [4.69, 9.17) is 15.6 Å². The highest BCUT2D eigenvalue weighted by molar-refractivity contribution is 5.67. The van der Waals surface area contributed by atoms with Gasteiger partial charge in [0, 0.05) is 12.5 Å². The molecule has 0 radical (unpaired) electrons. The number of ether oxygens (including phenoxy) is 1. The summed E-state index contributed by atoms with van der Waals surface area (Å²) in [5, 5.41) is 8.87. The number of carbonyl (C=O) groups is 1. The van der Waals surface area contributed by atoms with Crippen molar-refractivity contribution in [2.75, 3.05) is 7.11 Å². The Balaban J connectivity index is 0.000000269. The van der Waals surface area contributed by atoms with Crippen LogP contribution < -0.4 is 10.5 Å². The highest BCUT2D eigenvalue weighted by Gasteiger charge is 2.24. The molecule has 0 aliphatic heterocycles. The van der Waals surface area contributed by atoms with E-state index in [-0.39, 0.29) is 0 Å². The third kappa shape index (κ3) is 7.07. The van der Waals surface area contributed by atoms with Gasteiger partial charge in [-0.15, -0.1) is 0 Å². The minimum atomic E-state index is -0.671. The Bertz CT molecular complexity index is 508. The molecule has 25 heavy (non-hydrogen) atoms. The zero-order chi connectivity index (χ0) is 18.1. The monoisotopic (exact) mass is 347 g/mol. The number of aliphatic carboxylic acids is 1. The number of carboxylic acids is 1. The standard InChI is InChI=1S/C15H20O3.C6H13N/c1-18-14-7-5-12(6-8-14)13-4-2-3-11(9-13)10-15(16)17;7-6-4-2-1-3-5-6/h5-8,11,13H,2-4,9-10H2,1H3,(H,16,17);6H,1-5,7H2. The zero-order valence-electron chi connectivity index (χ0n) is 15.5. The maximum atomic E-state index is 10.8. The molecule has 2 unspecified atom stereocenters. The molecule has 0 saturated heterocycles. The van der Waals surface area contributed by atoms with Crippen molar-refractivity contribution in [1.82, 2.24) is 0 Å². The van der Waals surface area contributed by atoms with Crippen LogP contribution in [0, 0.1) is 5.92 Å². The van der Waals surface area contributed by atoms with E-state index in [2.05, 4.69) is 12.1 Å². The minimum Gasteiger partial charge on any atom is -0.497 e. The smallest absolute Gasteiger partial charge is 0.303 e. The van der Waals surface area contributed by atoms with Gasteiger partial charge in [-0.25, -0.2) is 0 Å². The van der Waals surface area contributed by atoms with Crippen LogP contribution in [0.25, 0.3) is 0 Å². The van der Waals surface area contributed by atoms with Gasteiger partial charge in [0.25, 0.3) is 0 Å². The molecule has 0 amide bonds. The van der Waals surface area contributed by atoms with E-state index < -0.39 is 5.97 Å². The summed E-state index contributed by atoms with van der Waals surface area (Å²) in [4.78, 5) is 10.8. The van der Waals surface area contributed by atoms with Crippen LogP contribution in [0.4, 0.5) is 0 Å². The lowest BCUT2D eigenvalue weighted by atomic mass is 9.77. The summed E-state index contributed by atoms with van der Waals surface area (Å²) in [5.41, 5.74) is 6.95. The largest absolute Gasteiger partial charge is 0.497 e. The SMILES string of the molecule is COc1ccc(C2CCCC(CC(=O)O)C2)cc1.NC1CCCCC1. The van der Waals surface area contributed by atoms with Crippen LogP contribution in [0.3, 0.4) is 0 Å². The maximum Gasteiger partial charge on any atom is 0.303 e. The van der Waals surface area contributed by atoms with E-state index in [9.17, 15) is 4.79 Å².